The summed E-state index contributed by atoms with van der Waals surface area (Å²) >= 11 is 0. The molecule has 0 saturated heterocycles. The largest absolute Gasteiger partial charge is 0.348 e. The number of carbonyl (C=O) groups excluding carboxylic acids is 2. The summed E-state index contributed by atoms with van der Waals surface area (Å²) < 4.78 is 1.68. The molecule has 37 heavy (non-hydrogen) atoms. The van der Waals surface area contributed by atoms with Gasteiger partial charge >= 0.3 is 0 Å². The number of hydrogen-bond acceptors (Lipinski definition) is 4. The van der Waals surface area contributed by atoms with Crippen LogP contribution in [0, 0.1) is 0 Å². The lowest BCUT2D eigenvalue weighted by Crippen LogP contribution is -2.36. The highest BCUT2D eigenvalue weighted by Gasteiger charge is 2.23. The van der Waals surface area contributed by atoms with Crippen LogP contribution in [-0.4, -0.2) is 32.6 Å². The number of anilines is 1. The van der Waals surface area contributed by atoms with Gasteiger partial charge in [-0.15, -0.1) is 0 Å². The number of fused-ring (bicyclic) bond motifs is 1. The Morgan fingerprint density at radius 1 is 0.973 bits per heavy atom. The predicted molar refractivity (Wildman–Crippen MR) is 147 cm³/mol. The molecule has 5 rings (SSSR count). The molecule has 1 aliphatic rings. The van der Waals surface area contributed by atoms with Crippen molar-refractivity contribution >= 4 is 28.4 Å². The second kappa shape index (κ2) is 10.9. The summed E-state index contributed by atoms with van der Waals surface area (Å²) in [4.78, 5) is 31.6. The van der Waals surface area contributed by atoms with Crippen molar-refractivity contribution in [2.24, 2.45) is 0 Å². The minimum Gasteiger partial charge on any atom is -0.348 e. The minimum atomic E-state index is -0.299. The van der Waals surface area contributed by atoms with Crippen LogP contribution in [0.5, 0.6) is 0 Å². The maximum Gasteiger partial charge on any atom is 0.274 e. The average Bonchev–Trinajstić information content (AvgIpc) is 3.36. The fraction of sp³-hybridized carbons (Fsp3) is 0.333. The molecule has 1 saturated carbocycles. The number of pyridine rings is 1. The standard InChI is InChI=1S/C30H33N5O2/c1-3-20-14-16-21(17-15-20)26-18-24(23-12-8-9-13-25(23)32-26)29(36)33-27-19-35(4-2)34-28(27)30(37)31-22-10-6-5-7-11-22/h8-9,12-19,22H,3-7,10-11H2,1-2H3,(H,31,37)(H,33,36). The monoisotopic (exact) mass is 495 g/mol. The van der Waals surface area contributed by atoms with E-state index in [1.165, 1.54) is 12.0 Å². The Morgan fingerprint density at radius 3 is 2.46 bits per heavy atom. The molecule has 0 atom stereocenters. The number of rotatable bonds is 7. The predicted octanol–water partition coefficient (Wildman–Crippen LogP) is 6.00. The lowest BCUT2D eigenvalue weighted by molar-refractivity contribution is 0.0922. The molecule has 0 radical (unpaired) electrons. The first-order valence-corrected chi connectivity index (χ1v) is 13.2. The first-order chi connectivity index (χ1) is 18.1. The Hall–Kier alpha value is -4.00. The highest BCUT2D eigenvalue weighted by atomic mass is 16.2. The van der Waals surface area contributed by atoms with Crippen LogP contribution in [-0.2, 0) is 13.0 Å². The molecule has 7 nitrogen and oxygen atoms in total. The van der Waals surface area contributed by atoms with E-state index in [0.29, 0.717) is 17.8 Å². The zero-order valence-electron chi connectivity index (χ0n) is 21.5. The molecule has 2 aromatic heterocycles. The summed E-state index contributed by atoms with van der Waals surface area (Å²) in [7, 11) is 0. The molecule has 2 N–H and O–H groups in total. The molecule has 1 fully saturated rings. The molecule has 2 heterocycles. The van der Waals surface area contributed by atoms with Crippen LogP contribution < -0.4 is 10.6 Å². The van der Waals surface area contributed by atoms with Gasteiger partial charge in [-0.05, 0) is 43.9 Å². The van der Waals surface area contributed by atoms with Crippen LogP contribution >= 0.6 is 0 Å². The van der Waals surface area contributed by atoms with Crippen LogP contribution in [0.2, 0.25) is 0 Å². The highest BCUT2D eigenvalue weighted by molar-refractivity contribution is 6.14. The normalized spacial score (nSPS) is 14.0. The van der Waals surface area contributed by atoms with E-state index in [4.69, 9.17) is 4.98 Å². The summed E-state index contributed by atoms with van der Waals surface area (Å²) in [6.07, 6.45) is 8.10. The minimum absolute atomic E-state index is 0.155. The third kappa shape index (κ3) is 5.40. The van der Waals surface area contributed by atoms with Crippen molar-refractivity contribution in [2.75, 3.05) is 5.32 Å². The summed E-state index contributed by atoms with van der Waals surface area (Å²) in [5, 5.41) is 11.3. The van der Waals surface area contributed by atoms with Crippen molar-refractivity contribution in [2.45, 2.75) is 65.0 Å². The number of nitrogens with zero attached hydrogens (tertiary/aromatic N) is 3. The first kappa shape index (κ1) is 24.7. The number of benzene rings is 2. The summed E-state index contributed by atoms with van der Waals surface area (Å²) in [5.41, 5.74) is 4.82. The van der Waals surface area contributed by atoms with Gasteiger partial charge in [0.15, 0.2) is 5.69 Å². The number of para-hydroxylation sites is 1. The maximum absolute atomic E-state index is 13.7. The Morgan fingerprint density at radius 2 is 1.73 bits per heavy atom. The van der Waals surface area contributed by atoms with Crippen molar-refractivity contribution < 1.29 is 9.59 Å². The van der Waals surface area contributed by atoms with Crippen LogP contribution in [0.25, 0.3) is 22.2 Å². The number of nitrogens with one attached hydrogen (secondary N) is 2. The second-order valence-corrected chi connectivity index (χ2v) is 9.63. The van der Waals surface area contributed by atoms with E-state index in [9.17, 15) is 9.59 Å². The molecular weight excluding hydrogens is 462 g/mol. The number of hydrogen-bond donors (Lipinski definition) is 2. The smallest absolute Gasteiger partial charge is 0.274 e. The third-order valence-corrected chi connectivity index (χ3v) is 7.11. The Kier molecular flexibility index (Phi) is 7.30. The van der Waals surface area contributed by atoms with E-state index < -0.39 is 0 Å². The van der Waals surface area contributed by atoms with Gasteiger partial charge in [-0.3, -0.25) is 14.3 Å². The van der Waals surface area contributed by atoms with E-state index in [-0.39, 0.29) is 23.6 Å². The molecule has 4 aromatic rings. The topological polar surface area (TPSA) is 88.9 Å². The molecular formula is C30H33N5O2. The van der Waals surface area contributed by atoms with Gasteiger partial charge in [0.05, 0.1) is 22.5 Å². The van der Waals surface area contributed by atoms with Gasteiger partial charge in [0.1, 0.15) is 0 Å². The van der Waals surface area contributed by atoms with Gasteiger partial charge in [0.25, 0.3) is 11.8 Å². The van der Waals surface area contributed by atoms with Gasteiger partial charge in [-0.1, -0.05) is 68.7 Å². The van der Waals surface area contributed by atoms with Gasteiger partial charge in [-0.25, -0.2) is 4.98 Å². The number of aryl methyl sites for hydroxylation is 2. The Bertz CT molecular complexity index is 1420. The fourth-order valence-electron chi connectivity index (χ4n) is 4.96. The van der Waals surface area contributed by atoms with Crippen molar-refractivity contribution in [1.82, 2.24) is 20.1 Å². The first-order valence-electron chi connectivity index (χ1n) is 13.2. The molecule has 0 unspecified atom stereocenters. The molecule has 2 amide bonds. The Balaban J connectivity index is 1.47. The van der Waals surface area contributed by atoms with E-state index in [2.05, 4.69) is 34.8 Å². The molecule has 190 valence electrons. The van der Waals surface area contributed by atoms with Gasteiger partial charge < -0.3 is 10.6 Å². The molecule has 2 aromatic carbocycles. The molecule has 0 aliphatic heterocycles. The summed E-state index contributed by atoms with van der Waals surface area (Å²) in [6, 6.07) is 17.8. The number of carbonyl (C=O) groups is 2. The fourth-order valence-corrected chi connectivity index (χ4v) is 4.96. The number of aromatic nitrogens is 3. The van der Waals surface area contributed by atoms with Gasteiger partial charge in [0, 0.05) is 29.7 Å². The van der Waals surface area contributed by atoms with Crippen LogP contribution in [0.3, 0.4) is 0 Å². The van der Waals surface area contributed by atoms with Gasteiger partial charge in [0.2, 0.25) is 0 Å². The second-order valence-electron chi connectivity index (χ2n) is 9.63. The van der Waals surface area contributed by atoms with E-state index in [0.717, 1.165) is 54.3 Å². The average molecular weight is 496 g/mol. The van der Waals surface area contributed by atoms with Crippen molar-refractivity contribution in [3.05, 3.63) is 77.6 Å². The zero-order chi connectivity index (χ0) is 25.8. The molecule has 0 bridgehead atoms. The van der Waals surface area contributed by atoms with Crippen LogP contribution in [0.15, 0.2) is 60.8 Å². The molecule has 0 spiro atoms. The van der Waals surface area contributed by atoms with E-state index >= 15 is 0 Å². The summed E-state index contributed by atoms with van der Waals surface area (Å²) in [6.45, 7) is 4.67. The highest BCUT2D eigenvalue weighted by Crippen LogP contribution is 2.27. The lowest BCUT2D eigenvalue weighted by atomic mass is 9.95. The van der Waals surface area contributed by atoms with Crippen LogP contribution in [0.1, 0.15) is 72.4 Å². The van der Waals surface area contributed by atoms with Crippen LogP contribution in [0.4, 0.5) is 5.69 Å². The van der Waals surface area contributed by atoms with Crippen molar-refractivity contribution in [3.63, 3.8) is 0 Å². The van der Waals surface area contributed by atoms with Crippen molar-refractivity contribution in [1.29, 1.82) is 0 Å². The van der Waals surface area contributed by atoms with Crippen molar-refractivity contribution in [3.8, 4) is 11.3 Å². The third-order valence-electron chi connectivity index (χ3n) is 7.11. The molecule has 1 aliphatic carbocycles. The van der Waals surface area contributed by atoms with E-state index in [1.807, 2.05) is 49.4 Å². The van der Waals surface area contributed by atoms with Gasteiger partial charge in [-0.2, -0.15) is 5.10 Å². The SMILES string of the molecule is CCc1ccc(-c2cc(C(=O)Nc3cn(CC)nc3C(=O)NC3CCCCC3)c3ccccc3n2)cc1. The number of amides is 2. The quantitative estimate of drug-likeness (QED) is 0.329. The summed E-state index contributed by atoms with van der Waals surface area (Å²) in [5.74, 6) is -0.543. The Labute approximate surface area is 217 Å². The van der Waals surface area contributed by atoms with E-state index in [1.54, 1.807) is 10.9 Å². The lowest BCUT2D eigenvalue weighted by Gasteiger charge is -2.22. The maximum atomic E-state index is 13.7. The molecule has 7 heteroatoms. The zero-order valence-corrected chi connectivity index (χ0v) is 21.5.